The summed E-state index contributed by atoms with van der Waals surface area (Å²) in [5.41, 5.74) is 1.01. The molecule has 0 atom stereocenters. The Kier molecular flexibility index (Phi) is 3.56. The van der Waals surface area contributed by atoms with Gasteiger partial charge in [-0.15, -0.1) is 0 Å². The fraction of sp³-hybridized carbons (Fsp3) is 0.0769. The molecule has 0 radical (unpaired) electrons. The number of ketones is 2. The van der Waals surface area contributed by atoms with E-state index in [1.165, 1.54) is 30.0 Å². The number of Topliss-reactive ketones (excluding diaryl/α,β-unsaturated/α-hetero) is 2. The molecule has 0 fully saturated rings. The first-order chi connectivity index (χ1) is 13.5. The summed E-state index contributed by atoms with van der Waals surface area (Å²) in [6.45, 7) is 3.03. The molecule has 0 saturated heterocycles. The summed E-state index contributed by atoms with van der Waals surface area (Å²) in [6.07, 6.45) is 0. The predicted octanol–water partition coefficient (Wildman–Crippen LogP) is 6.70. The van der Waals surface area contributed by atoms with Gasteiger partial charge in [-0.2, -0.15) is 0 Å². The molecular formula is C26H18O2. The SMILES string of the molecule is CC(=O)c1ccc2cc3cc4cc5ccccc5cc4cc3cc2c1C(C)=O. The quantitative estimate of drug-likeness (QED) is 0.258. The highest BCUT2D eigenvalue weighted by molar-refractivity contribution is 6.18. The van der Waals surface area contributed by atoms with Crippen LogP contribution >= 0.6 is 0 Å². The lowest BCUT2D eigenvalue weighted by Gasteiger charge is -2.11. The minimum atomic E-state index is -0.0859. The highest BCUT2D eigenvalue weighted by Gasteiger charge is 2.15. The highest BCUT2D eigenvalue weighted by atomic mass is 16.1. The van der Waals surface area contributed by atoms with Gasteiger partial charge in [0.05, 0.1) is 0 Å². The summed E-state index contributed by atoms with van der Waals surface area (Å²) in [4.78, 5) is 24.4. The molecule has 5 aromatic carbocycles. The zero-order chi connectivity index (χ0) is 19.4. The van der Waals surface area contributed by atoms with Gasteiger partial charge in [0.1, 0.15) is 0 Å². The van der Waals surface area contributed by atoms with Crippen LogP contribution in [0.25, 0.3) is 43.1 Å². The van der Waals surface area contributed by atoms with Crippen molar-refractivity contribution in [3.8, 4) is 0 Å². The van der Waals surface area contributed by atoms with Crippen molar-refractivity contribution in [3.05, 3.63) is 83.9 Å². The second-order valence-corrected chi connectivity index (χ2v) is 7.42. The van der Waals surface area contributed by atoms with Crippen LogP contribution in [0.5, 0.6) is 0 Å². The normalized spacial score (nSPS) is 11.5. The van der Waals surface area contributed by atoms with Gasteiger partial charge >= 0.3 is 0 Å². The third-order valence-electron chi connectivity index (χ3n) is 5.53. The first-order valence-corrected chi connectivity index (χ1v) is 9.36. The van der Waals surface area contributed by atoms with Gasteiger partial charge < -0.3 is 0 Å². The molecule has 0 aliphatic heterocycles. The van der Waals surface area contributed by atoms with E-state index < -0.39 is 0 Å². The Morgan fingerprint density at radius 2 is 1.04 bits per heavy atom. The maximum atomic E-state index is 12.3. The summed E-state index contributed by atoms with van der Waals surface area (Å²) in [7, 11) is 0. The zero-order valence-electron chi connectivity index (χ0n) is 15.7. The zero-order valence-corrected chi connectivity index (χ0v) is 15.7. The predicted molar refractivity (Wildman–Crippen MR) is 116 cm³/mol. The molecule has 0 heterocycles. The average Bonchev–Trinajstić information content (AvgIpc) is 2.67. The van der Waals surface area contributed by atoms with E-state index in [0.717, 1.165) is 26.9 Å². The Labute approximate surface area is 162 Å². The average molecular weight is 362 g/mol. The Balaban J connectivity index is 1.89. The van der Waals surface area contributed by atoms with E-state index in [0.29, 0.717) is 11.1 Å². The molecule has 0 aliphatic rings. The van der Waals surface area contributed by atoms with E-state index in [1.807, 2.05) is 18.2 Å². The molecule has 0 unspecified atom stereocenters. The van der Waals surface area contributed by atoms with Gasteiger partial charge in [-0.3, -0.25) is 9.59 Å². The summed E-state index contributed by atoms with van der Waals surface area (Å²) in [5, 5.41) is 8.79. The van der Waals surface area contributed by atoms with Gasteiger partial charge in [-0.05, 0) is 93.3 Å². The Morgan fingerprint density at radius 3 is 1.57 bits per heavy atom. The maximum Gasteiger partial charge on any atom is 0.161 e. The molecule has 0 aromatic heterocycles. The highest BCUT2D eigenvalue weighted by Crippen LogP contribution is 2.32. The van der Waals surface area contributed by atoms with Crippen LogP contribution in [0.1, 0.15) is 34.6 Å². The third kappa shape index (κ3) is 2.49. The topological polar surface area (TPSA) is 34.1 Å². The molecular weight excluding hydrogens is 344 g/mol. The molecule has 0 bridgehead atoms. The van der Waals surface area contributed by atoms with E-state index in [4.69, 9.17) is 0 Å². The first-order valence-electron chi connectivity index (χ1n) is 9.36. The number of benzene rings is 5. The number of carbonyl (C=O) groups excluding carboxylic acids is 2. The van der Waals surface area contributed by atoms with Crippen LogP contribution in [0.2, 0.25) is 0 Å². The van der Waals surface area contributed by atoms with E-state index in [9.17, 15) is 9.59 Å². The van der Waals surface area contributed by atoms with Gasteiger partial charge in [0.25, 0.3) is 0 Å². The number of fused-ring (bicyclic) bond motifs is 4. The van der Waals surface area contributed by atoms with Gasteiger partial charge in [-0.25, -0.2) is 0 Å². The van der Waals surface area contributed by atoms with Crippen molar-refractivity contribution in [1.29, 1.82) is 0 Å². The molecule has 134 valence electrons. The molecule has 28 heavy (non-hydrogen) atoms. The van der Waals surface area contributed by atoms with Crippen molar-refractivity contribution in [2.75, 3.05) is 0 Å². The van der Waals surface area contributed by atoms with Crippen molar-refractivity contribution in [1.82, 2.24) is 0 Å². The van der Waals surface area contributed by atoms with Crippen molar-refractivity contribution in [3.63, 3.8) is 0 Å². The molecule has 0 amide bonds. The lowest BCUT2D eigenvalue weighted by Crippen LogP contribution is -2.05. The second-order valence-electron chi connectivity index (χ2n) is 7.42. The van der Waals surface area contributed by atoms with Gasteiger partial charge in [0, 0.05) is 11.1 Å². The van der Waals surface area contributed by atoms with Crippen LogP contribution in [-0.2, 0) is 0 Å². The van der Waals surface area contributed by atoms with Crippen molar-refractivity contribution < 1.29 is 9.59 Å². The number of rotatable bonds is 2. The first kappa shape index (κ1) is 16.6. The minimum Gasteiger partial charge on any atom is -0.294 e. The van der Waals surface area contributed by atoms with Crippen molar-refractivity contribution >= 4 is 54.7 Å². The maximum absolute atomic E-state index is 12.3. The molecule has 5 aromatic rings. The smallest absolute Gasteiger partial charge is 0.161 e. The standard InChI is InChI=1S/C26H18O2/c1-15(27)24-8-7-19-11-22-12-20-9-17-5-3-4-6-18(17)10-21(20)13-23(22)14-25(19)26(24)16(2)28/h3-14H,1-2H3. The molecule has 0 N–H and O–H groups in total. The lowest BCUT2D eigenvalue weighted by molar-refractivity contribution is 0.0982. The summed E-state index contributed by atoms with van der Waals surface area (Å²) < 4.78 is 0. The summed E-state index contributed by atoms with van der Waals surface area (Å²) >= 11 is 0. The molecule has 2 heteroatoms. The molecule has 5 rings (SSSR count). The number of hydrogen-bond acceptors (Lipinski definition) is 2. The van der Waals surface area contributed by atoms with Gasteiger partial charge in [0.15, 0.2) is 11.6 Å². The van der Waals surface area contributed by atoms with Crippen LogP contribution in [0.4, 0.5) is 0 Å². The second kappa shape index (κ2) is 6.00. The van der Waals surface area contributed by atoms with E-state index in [2.05, 4.69) is 48.5 Å². The third-order valence-corrected chi connectivity index (χ3v) is 5.53. The molecule has 0 saturated carbocycles. The fourth-order valence-corrected chi connectivity index (χ4v) is 4.19. The van der Waals surface area contributed by atoms with Gasteiger partial charge in [-0.1, -0.05) is 36.4 Å². The Bertz CT molecular complexity index is 1460. The summed E-state index contributed by atoms with van der Waals surface area (Å²) in [6, 6.07) is 25.0. The van der Waals surface area contributed by atoms with Crippen LogP contribution in [0.15, 0.2) is 72.8 Å². The molecule has 0 spiro atoms. The Morgan fingerprint density at radius 1 is 0.536 bits per heavy atom. The van der Waals surface area contributed by atoms with Crippen LogP contribution < -0.4 is 0 Å². The lowest BCUT2D eigenvalue weighted by atomic mass is 9.91. The molecule has 0 aliphatic carbocycles. The van der Waals surface area contributed by atoms with E-state index in [-0.39, 0.29) is 11.6 Å². The van der Waals surface area contributed by atoms with Crippen LogP contribution in [-0.4, -0.2) is 11.6 Å². The Hall–Kier alpha value is -3.52. The monoisotopic (exact) mass is 362 g/mol. The van der Waals surface area contributed by atoms with Crippen molar-refractivity contribution in [2.45, 2.75) is 13.8 Å². The van der Waals surface area contributed by atoms with Crippen molar-refractivity contribution in [2.24, 2.45) is 0 Å². The molecule has 2 nitrogen and oxygen atoms in total. The van der Waals surface area contributed by atoms with Gasteiger partial charge in [0.2, 0.25) is 0 Å². The van der Waals surface area contributed by atoms with Crippen LogP contribution in [0, 0.1) is 0 Å². The number of carbonyl (C=O) groups is 2. The minimum absolute atomic E-state index is 0.0815. The largest absolute Gasteiger partial charge is 0.294 e. The van der Waals surface area contributed by atoms with E-state index >= 15 is 0 Å². The fourth-order valence-electron chi connectivity index (χ4n) is 4.19. The van der Waals surface area contributed by atoms with E-state index in [1.54, 1.807) is 6.07 Å². The number of hydrogen-bond donors (Lipinski definition) is 0. The summed E-state index contributed by atoms with van der Waals surface area (Å²) in [5.74, 6) is -0.167. The van der Waals surface area contributed by atoms with Crippen LogP contribution in [0.3, 0.4) is 0 Å².